The third kappa shape index (κ3) is 6.43. The highest BCUT2D eigenvalue weighted by Gasteiger charge is 2.13. The van der Waals surface area contributed by atoms with E-state index in [9.17, 15) is 12.8 Å². The summed E-state index contributed by atoms with van der Waals surface area (Å²) in [5, 5.41) is 7.35. The molecule has 0 aliphatic carbocycles. The largest absolute Gasteiger partial charge is 0.361 e. The van der Waals surface area contributed by atoms with Gasteiger partial charge in [-0.05, 0) is 48.7 Å². The molecule has 0 saturated heterocycles. The average Bonchev–Trinajstić information content (AvgIpc) is 3.12. The van der Waals surface area contributed by atoms with E-state index >= 15 is 0 Å². The van der Waals surface area contributed by atoms with Gasteiger partial charge in [0.25, 0.3) is 0 Å². The fraction of sp³-hybridized carbons (Fsp3) is 0.286. The van der Waals surface area contributed by atoms with Crippen molar-refractivity contribution in [3.05, 3.63) is 66.1 Å². The summed E-state index contributed by atoms with van der Waals surface area (Å²) < 4.78 is 37.8. The van der Waals surface area contributed by atoms with Crippen LogP contribution in [-0.2, 0) is 16.3 Å². The van der Waals surface area contributed by atoms with E-state index in [2.05, 4.69) is 20.6 Å². The molecule has 3 aromatic rings. The molecule has 3 rings (SSSR count). The van der Waals surface area contributed by atoms with Gasteiger partial charge in [0, 0.05) is 37.2 Å². The van der Waals surface area contributed by atoms with E-state index in [4.69, 9.17) is 0 Å². The maximum atomic E-state index is 13.3. The minimum absolute atomic E-state index is 0. The molecule has 0 spiro atoms. The van der Waals surface area contributed by atoms with Crippen LogP contribution in [0, 0.1) is 5.82 Å². The summed E-state index contributed by atoms with van der Waals surface area (Å²) in [4.78, 5) is 7.59. The first kappa shape index (κ1) is 24.1. The molecular formula is C21H26FIN4O2S. The number of halogens is 2. The van der Waals surface area contributed by atoms with E-state index in [0.717, 1.165) is 22.9 Å². The number of H-pyrrole nitrogens is 1. The van der Waals surface area contributed by atoms with Crippen LogP contribution in [-0.4, -0.2) is 45.3 Å². The minimum Gasteiger partial charge on any atom is -0.361 e. The Kier molecular flexibility index (Phi) is 9.09. The van der Waals surface area contributed by atoms with Crippen LogP contribution in [0.5, 0.6) is 0 Å². The SMILES string of the molecule is CN=C(NCCCS(=O)(=O)c1ccccc1)NCCc1c[nH]c2cc(F)ccc12.I. The standard InChI is InChI=1S/C21H25FN4O2S.HI/c1-23-21(24-11-5-13-29(27,28)18-6-3-2-4-7-18)25-12-10-16-15-26-20-14-17(22)8-9-19(16)20;/h2-4,6-9,14-15,26H,5,10-13H2,1H3,(H2,23,24,25);1H. The second-order valence-corrected chi connectivity index (χ2v) is 8.77. The Labute approximate surface area is 193 Å². The monoisotopic (exact) mass is 544 g/mol. The van der Waals surface area contributed by atoms with Gasteiger partial charge in [-0.15, -0.1) is 24.0 Å². The number of hydrogen-bond acceptors (Lipinski definition) is 3. The number of nitrogens with one attached hydrogen (secondary N) is 3. The molecule has 0 radical (unpaired) electrons. The van der Waals surface area contributed by atoms with Gasteiger partial charge in [0.15, 0.2) is 15.8 Å². The number of nitrogens with zero attached hydrogens (tertiary/aromatic N) is 1. The van der Waals surface area contributed by atoms with Crippen molar-refractivity contribution >= 4 is 50.7 Å². The van der Waals surface area contributed by atoms with Crippen molar-refractivity contribution < 1.29 is 12.8 Å². The van der Waals surface area contributed by atoms with Gasteiger partial charge in [-0.3, -0.25) is 4.99 Å². The Morgan fingerprint density at radius 2 is 1.83 bits per heavy atom. The van der Waals surface area contributed by atoms with Gasteiger partial charge < -0.3 is 15.6 Å². The van der Waals surface area contributed by atoms with Crippen molar-refractivity contribution in [2.45, 2.75) is 17.7 Å². The van der Waals surface area contributed by atoms with Crippen LogP contribution in [0.2, 0.25) is 0 Å². The molecule has 0 amide bonds. The molecule has 2 aromatic carbocycles. The maximum absolute atomic E-state index is 13.3. The topological polar surface area (TPSA) is 86.3 Å². The van der Waals surface area contributed by atoms with Crippen LogP contribution in [0.15, 0.2) is 64.6 Å². The zero-order valence-corrected chi connectivity index (χ0v) is 19.8. The van der Waals surface area contributed by atoms with E-state index in [1.165, 1.54) is 12.1 Å². The van der Waals surface area contributed by atoms with Crippen molar-refractivity contribution in [1.29, 1.82) is 0 Å². The average molecular weight is 544 g/mol. The second-order valence-electron chi connectivity index (χ2n) is 6.67. The van der Waals surface area contributed by atoms with Gasteiger partial charge >= 0.3 is 0 Å². The maximum Gasteiger partial charge on any atom is 0.190 e. The van der Waals surface area contributed by atoms with Crippen molar-refractivity contribution in [1.82, 2.24) is 15.6 Å². The number of aromatic nitrogens is 1. The highest BCUT2D eigenvalue weighted by atomic mass is 127. The van der Waals surface area contributed by atoms with Crippen LogP contribution in [0.1, 0.15) is 12.0 Å². The van der Waals surface area contributed by atoms with E-state index in [1.54, 1.807) is 43.4 Å². The summed E-state index contributed by atoms with van der Waals surface area (Å²) in [5.41, 5.74) is 1.87. The Hall–Kier alpha value is -2.14. The fourth-order valence-electron chi connectivity index (χ4n) is 3.12. The second kappa shape index (κ2) is 11.3. The van der Waals surface area contributed by atoms with E-state index in [0.29, 0.717) is 30.4 Å². The zero-order chi connectivity index (χ0) is 20.7. The quantitative estimate of drug-likeness (QED) is 0.176. The number of aromatic amines is 1. The lowest BCUT2D eigenvalue weighted by atomic mass is 10.1. The molecule has 0 aliphatic heterocycles. The molecule has 9 heteroatoms. The molecule has 0 bridgehead atoms. The highest BCUT2D eigenvalue weighted by molar-refractivity contribution is 14.0. The summed E-state index contributed by atoms with van der Waals surface area (Å²) in [6.07, 6.45) is 3.11. The normalized spacial score (nSPS) is 11.9. The summed E-state index contributed by atoms with van der Waals surface area (Å²) >= 11 is 0. The van der Waals surface area contributed by atoms with Gasteiger partial charge in [0.1, 0.15) is 5.82 Å². The van der Waals surface area contributed by atoms with Gasteiger partial charge in [-0.25, -0.2) is 12.8 Å². The zero-order valence-electron chi connectivity index (χ0n) is 16.7. The number of rotatable bonds is 8. The first-order valence-corrected chi connectivity index (χ1v) is 11.1. The summed E-state index contributed by atoms with van der Waals surface area (Å²) in [6.45, 7) is 1.14. The Morgan fingerprint density at radius 1 is 1.10 bits per heavy atom. The lowest BCUT2D eigenvalue weighted by Gasteiger charge is -2.12. The number of sulfone groups is 1. The van der Waals surface area contributed by atoms with Crippen LogP contribution in [0.3, 0.4) is 0 Å². The third-order valence-corrected chi connectivity index (χ3v) is 6.44. The third-order valence-electron chi connectivity index (χ3n) is 4.62. The van der Waals surface area contributed by atoms with Gasteiger partial charge in [0.2, 0.25) is 0 Å². The van der Waals surface area contributed by atoms with E-state index in [-0.39, 0.29) is 35.5 Å². The summed E-state index contributed by atoms with van der Waals surface area (Å²) in [6, 6.07) is 13.2. The lowest BCUT2D eigenvalue weighted by molar-refractivity contribution is 0.592. The smallest absolute Gasteiger partial charge is 0.190 e. The van der Waals surface area contributed by atoms with Crippen molar-refractivity contribution in [3.63, 3.8) is 0 Å². The van der Waals surface area contributed by atoms with Crippen LogP contribution >= 0.6 is 24.0 Å². The summed E-state index contributed by atoms with van der Waals surface area (Å²) in [5.74, 6) is 0.434. The first-order chi connectivity index (χ1) is 14.0. The predicted octanol–water partition coefficient (Wildman–Crippen LogP) is 3.50. The molecule has 0 atom stereocenters. The summed E-state index contributed by atoms with van der Waals surface area (Å²) in [7, 11) is -1.59. The number of fused-ring (bicyclic) bond motifs is 1. The Balaban J connectivity index is 0.00000320. The molecule has 30 heavy (non-hydrogen) atoms. The Morgan fingerprint density at radius 3 is 2.57 bits per heavy atom. The number of benzene rings is 2. The minimum atomic E-state index is -3.27. The van der Waals surface area contributed by atoms with Crippen LogP contribution < -0.4 is 10.6 Å². The van der Waals surface area contributed by atoms with E-state index < -0.39 is 9.84 Å². The number of aliphatic imine (C=N–C) groups is 1. The molecular weight excluding hydrogens is 518 g/mol. The van der Waals surface area contributed by atoms with Gasteiger partial charge in [-0.2, -0.15) is 0 Å². The van der Waals surface area contributed by atoms with E-state index in [1.807, 2.05) is 6.20 Å². The number of guanidine groups is 1. The molecule has 162 valence electrons. The van der Waals surface area contributed by atoms with Crippen LogP contribution in [0.25, 0.3) is 10.9 Å². The highest BCUT2D eigenvalue weighted by Crippen LogP contribution is 2.19. The fourth-order valence-corrected chi connectivity index (χ4v) is 4.45. The van der Waals surface area contributed by atoms with Crippen molar-refractivity contribution in [3.8, 4) is 0 Å². The van der Waals surface area contributed by atoms with Gasteiger partial charge in [-0.1, -0.05) is 18.2 Å². The molecule has 1 heterocycles. The van der Waals surface area contributed by atoms with Crippen LogP contribution in [0.4, 0.5) is 4.39 Å². The molecule has 1 aromatic heterocycles. The van der Waals surface area contributed by atoms with Gasteiger partial charge in [0.05, 0.1) is 10.6 Å². The van der Waals surface area contributed by atoms with Crippen molar-refractivity contribution in [2.75, 3.05) is 25.9 Å². The molecule has 0 fully saturated rings. The molecule has 3 N–H and O–H groups in total. The lowest BCUT2D eigenvalue weighted by Crippen LogP contribution is -2.39. The van der Waals surface area contributed by atoms with Crippen molar-refractivity contribution in [2.24, 2.45) is 4.99 Å². The molecule has 0 aliphatic rings. The first-order valence-electron chi connectivity index (χ1n) is 9.47. The predicted molar refractivity (Wildman–Crippen MR) is 130 cm³/mol. The Bertz CT molecular complexity index is 1080. The molecule has 6 nitrogen and oxygen atoms in total. The molecule has 0 saturated carbocycles. The number of hydrogen-bond donors (Lipinski definition) is 3. The molecule has 0 unspecified atom stereocenters.